The van der Waals surface area contributed by atoms with E-state index in [0.29, 0.717) is 19.4 Å². The lowest BCUT2D eigenvalue weighted by molar-refractivity contribution is -0.124. The zero-order chi connectivity index (χ0) is 19.3. The largest absolute Gasteiger partial charge is 0.394 e. The third kappa shape index (κ3) is 4.56. The molecule has 146 valence electrons. The molecule has 0 bridgehead atoms. The molecule has 11 heteroatoms. The molecule has 1 aromatic rings. The van der Waals surface area contributed by atoms with Gasteiger partial charge in [-0.25, -0.2) is 4.79 Å². The van der Waals surface area contributed by atoms with Gasteiger partial charge < -0.3 is 31.7 Å². The van der Waals surface area contributed by atoms with Gasteiger partial charge in [0.15, 0.2) is 6.23 Å². The number of aliphatic hydroxyl groups is 2. The van der Waals surface area contributed by atoms with Gasteiger partial charge in [0.1, 0.15) is 18.2 Å². The Bertz CT molecular complexity index is 719. The van der Waals surface area contributed by atoms with Crippen LogP contribution >= 0.6 is 0 Å². The third-order valence-corrected chi connectivity index (χ3v) is 4.29. The van der Waals surface area contributed by atoms with Crippen molar-refractivity contribution in [1.82, 2.24) is 14.9 Å². The number of nitrogens with zero attached hydrogens (tertiary/aromatic N) is 1. The van der Waals surface area contributed by atoms with Gasteiger partial charge in [-0.3, -0.25) is 19.1 Å². The molecule has 11 nitrogen and oxygen atoms in total. The highest BCUT2D eigenvalue weighted by molar-refractivity contribution is 5.81. The van der Waals surface area contributed by atoms with Crippen LogP contribution in [0.25, 0.3) is 0 Å². The Morgan fingerprint density at radius 3 is 2.77 bits per heavy atom. The predicted octanol–water partition coefficient (Wildman–Crippen LogP) is -3.27. The molecule has 1 aliphatic heterocycles. The van der Waals surface area contributed by atoms with Crippen LogP contribution in [0.3, 0.4) is 0 Å². The maximum Gasteiger partial charge on any atom is 0.330 e. The molecule has 0 radical (unpaired) electrons. The number of nitrogens with two attached hydrogens (primary N) is 2. The van der Waals surface area contributed by atoms with E-state index in [1.807, 2.05) is 0 Å². The molecule has 0 aromatic carbocycles. The molecular formula is C15H25N5O6. The summed E-state index contributed by atoms with van der Waals surface area (Å²) in [6.45, 7) is -0.0103. The van der Waals surface area contributed by atoms with Crippen molar-refractivity contribution in [2.24, 2.45) is 11.5 Å². The molecule has 1 saturated heterocycles. The minimum absolute atomic E-state index is 0.416. The van der Waals surface area contributed by atoms with Gasteiger partial charge in [-0.1, -0.05) is 6.42 Å². The number of ether oxygens (including phenoxy) is 1. The number of H-pyrrole nitrogens is 1. The number of aromatic amines is 1. The summed E-state index contributed by atoms with van der Waals surface area (Å²) in [6, 6.07) is -0.723. The SMILES string of the molecule is NCCCC[C@H](N)C(=O)N[C@@H]1[C@H](O)[C@@H](CO)O[C@H]1n1ccc(=O)[nH]c1=O. The highest BCUT2D eigenvalue weighted by Crippen LogP contribution is 2.28. The van der Waals surface area contributed by atoms with Crippen LogP contribution in [0.2, 0.25) is 0 Å². The van der Waals surface area contributed by atoms with E-state index in [9.17, 15) is 24.6 Å². The fourth-order valence-corrected chi connectivity index (χ4v) is 2.83. The first-order valence-electron chi connectivity index (χ1n) is 8.41. The number of amides is 1. The molecule has 5 atom stereocenters. The lowest BCUT2D eigenvalue weighted by atomic mass is 10.1. The Kier molecular flexibility index (Phi) is 7.06. The molecule has 26 heavy (non-hydrogen) atoms. The van der Waals surface area contributed by atoms with Crippen molar-refractivity contribution >= 4 is 5.91 Å². The summed E-state index contributed by atoms with van der Waals surface area (Å²) in [5, 5.41) is 22.2. The summed E-state index contributed by atoms with van der Waals surface area (Å²) in [5.41, 5.74) is 9.89. The van der Waals surface area contributed by atoms with Crippen LogP contribution in [0.5, 0.6) is 0 Å². The summed E-state index contributed by atoms with van der Waals surface area (Å²) < 4.78 is 6.52. The molecule has 0 unspecified atom stereocenters. The van der Waals surface area contributed by atoms with E-state index in [1.54, 1.807) is 0 Å². The van der Waals surface area contributed by atoms with E-state index < -0.39 is 54.3 Å². The molecule has 0 saturated carbocycles. The fraction of sp³-hybridized carbons (Fsp3) is 0.667. The van der Waals surface area contributed by atoms with E-state index >= 15 is 0 Å². The van der Waals surface area contributed by atoms with Crippen LogP contribution in [-0.2, 0) is 9.53 Å². The number of carbonyl (C=O) groups is 1. The van der Waals surface area contributed by atoms with Gasteiger partial charge in [-0.05, 0) is 19.4 Å². The Balaban J connectivity index is 2.17. The first kappa shape index (κ1) is 20.3. The molecular weight excluding hydrogens is 346 g/mol. The topological polar surface area (TPSA) is 186 Å². The number of rotatable bonds is 8. The Labute approximate surface area is 149 Å². The zero-order valence-corrected chi connectivity index (χ0v) is 14.2. The van der Waals surface area contributed by atoms with E-state index in [2.05, 4.69) is 10.3 Å². The van der Waals surface area contributed by atoms with Crippen molar-refractivity contribution < 1.29 is 19.7 Å². The quantitative estimate of drug-likeness (QED) is 0.257. The van der Waals surface area contributed by atoms with Gasteiger partial charge in [0.2, 0.25) is 5.91 Å². The van der Waals surface area contributed by atoms with Crippen LogP contribution < -0.4 is 28.0 Å². The minimum Gasteiger partial charge on any atom is -0.394 e. The molecule has 2 rings (SSSR count). The van der Waals surface area contributed by atoms with Gasteiger partial charge in [0.25, 0.3) is 5.56 Å². The lowest BCUT2D eigenvalue weighted by Gasteiger charge is -2.24. The van der Waals surface area contributed by atoms with Crippen molar-refractivity contribution in [2.75, 3.05) is 13.2 Å². The Hall–Kier alpha value is -2.05. The van der Waals surface area contributed by atoms with Gasteiger partial charge >= 0.3 is 5.69 Å². The summed E-state index contributed by atoms with van der Waals surface area (Å²) in [4.78, 5) is 37.6. The summed E-state index contributed by atoms with van der Waals surface area (Å²) in [6.07, 6.45) is -0.346. The average molecular weight is 371 g/mol. The third-order valence-electron chi connectivity index (χ3n) is 4.29. The second kappa shape index (κ2) is 9.05. The van der Waals surface area contributed by atoms with Crippen LogP contribution in [-0.4, -0.2) is 63.1 Å². The number of aromatic nitrogens is 2. The average Bonchev–Trinajstić information content (AvgIpc) is 2.91. The first-order chi connectivity index (χ1) is 12.4. The Morgan fingerprint density at radius 2 is 2.15 bits per heavy atom. The number of nitrogens with one attached hydrogen (secondary N) is 2. The van der Waals surface area contributed by atoms with E-state index in [1.165, 1.54) is 6.20 Å². The summed E-state index contributed by atoms with van der Waals surface area (Å²) in [7, 11) is 0. The van der Waals surface area contributed by atoms with Crippen molar-refractivity contribution in [3.05, 3.63) is 33.1 Å². The Morgan fingerprint density at radius 1 is 1.42 bits per heavy atom. The lowest BCUT2D eigenvalue weighted by Crippen LogP contribution is -2.52. The summed E-state index contributed by atoms with van der Waals surface area (Å²) >= 11 is 0. The maximum atomic E-state index is 12.3. The minimum atomic E-state index is -1.26. The fourth-order valence-electron chi connectivity index (χ4n) is 2.83. The molecule has 2 heterocycles. The second-order valence-corrected chi connectivity index (χ2v) is 6.18. The van der Waals surface area contributed by atoms with Gasteiger partial charge in [0.05, 0.1) is 12.6 Å². The van der Waals surface area contributed by atoms with Crippen LogP contribution in [0.4, 0.5) is 0 Å². The van der Waals surface area contributed by atoms with E-state index in [-0.39, 0.29) is 0 Å². The highest BCUT2D eigenvalue weighted by atomic mass is 16.5. The van der Waals surface area contributed by atoms with Crippen molar-refractivity contribution in [3.63, 3.8) is 0 Å². The zero-order valence-electron chi connectivity index (χ0n) is 14.2. The molecule has 1 fully saturated rings. The van der Waals surface area contributed by atoms with Crippen LogP contribution in [0.15, 0.2) is 21.9 Å². The number of aliphatic hydroxyl groups excluding tert-OH is 2. The van der Waals surface area contributed by atoms with Gasteiger partial charge in [-0.2, -0.15) is 0 Å². The molecule has 1 amide bonds. The first-order valence-corrected chi connectivity index (χ1v) is 8.41. The monoisotopic (exact) mass is 371 g/mol. The molecule has 1 aliphatic rings. The summed E-state index contributed by atoms with van der Waals surface area (Å²) in [5.74, 6) is -0.518. The van der Waals surface area contributed by atoms with Crippen molar-refractivity contribution in [3.8, 4) is 0 Å². The van der Waals surface area contributed by atoms with Crippen LogP contribution in [0.1, 0.15) is 25.5 Å². The molecule has 0 spiro atoms. The number of unbranched alkanes of at least 4 members (excludes halogenated alkanes) is 1. The molecule has 0 aliphatic carbocycles. The van der Waals surface area contributed by atoms with E-state index in [4.69, 9.17) is 16.2 Å². The van der Waals surface area contributed by atoms with Crippen molar-refractivity contribution in [2.45, 2.75) is 49.8 Å². The normalized spacial score (nSPS) is 26.6. The molecule has 8 N–H and O–H groups in total. The highest BCUT2D eigenvalue weighted by Gasteiger charge is 2.45. The number of hydrogen-bond acceptors (Lipinski definition) is 8. The van der Waals surface area contributed by atoms with Crippen LogP contribution in [0, 0.1) is 0 Å². The van der Waals surface area contributed by atoms with E-state index in [0.717, 1.165) is 17.1 Å². The molecule has 1 aromatic heterocycles. The van der Waals surface area contributed by atoms with Crippen molar-refractivity contribution in [1.29, 1.82) is 0 Å². The standard InChI is InChI=1S/C15H25N5O6/c16-5-2-1-3-8(17)13(24)19-11-12(23)9(7-21)26-14(11)20-6-4-10(22)18-15(20)25/h4,6,8-9,11-12,14,21,23H,1-3,5,7,16-17H2,(H,19,24)(H,18,22,25)/t8-,9+,11+,12+,14+/m0/s1. The maximum absolute atomic E-state index is 12.3. The number of hydrogen-bond donors (Lipinski definition) is 6. The number of carbonyl (C=O) groups excluding carboxylic acids is 1. The van der Waals surface area contributed by atoms with Gasteiger partial charge in [0, 0.05) is 12.3 Å². The second-order valence-electron chi connectivity index (χ2n) is 6.18. The van der Waals surface area contributed by atoms with Gasteiger partial charge in [-0.15, -0.1) is 0 Å². The predicted molar refractivity (Wildman–Crippen MR) is 91.1 cm³/mol. The smallest absolute Gasteiger partial charge is 0.330 e.